The van der Waals surface area contributed by atoms with Gasteiger partial charge in [0.2, 0.25) is 0 Å². The van der Waals surface area contributed by atoms with Gasteiger partial charge in [0.1, 0.15) is 0 Å². The molecule has 1 aromatic heterocycles. The summed E-state index contributed by atoms with van der Waals surface area (Å²) in [6.07, 6.45) is 2.77. The summed E-state index contributed by atoms with van der Waals surface area (Å²) in [5.41, 5.74) is 3.75. The minimum Gasteiger partial charge on any atom is -0.469 e. The van der Waals surface area contributed by atoms with E-state index in [1.165, 1.54) is 7.11 Å². The lowest BCUT2D eigenvalue weighted by Crippen LogP contribution is -2.01. The van der Waals surface area contributed by atoms with Crippen LogP contribution in [0.1, 0.15) is 40.2 Å². The van der Waals surface area contributed by atoms with Crippen molar-refractivity contribution in [2.75, 3.05) is 7.11 Å². The number of ether oxygens (including phenoxy) is 1. The van der Waals surface area contributed by atoms with Crippen LogP contribution >= 0.6 is 0 Å². The molecule has 4 heteroatoms. The fraction of sp³-hybridized carbons (Fsp3) is 0.500. The average molecular weight is 223 g/mol. The first-order chi connectivity index (χ1) is 7.60. The third kappa shape index (κ3) is 2.72. The van der Waals surface area contributed by atoms with Crippen molar-refractivity contribution in [3.8, 4) is 0 Å². The first kappa shape index (κ1) is 12.5. The van der Waals surface area contributed by atoms with E-state index in [-0.39, 0.29) is 5.97 Å². The smallest absolute Gasteiger partial charge is 0.305 e. The van der Waals surface area contributed by atoms with Crippen LogP contribution in [0.2, 0.25) is 0 Å². The van der Waals surface area contributed by atoms with Gasteiger partial charge in [-0.2, -0.15) is 0 Å². The van der Waals surface area contributed by atoms with E-state index >= 15 is 0 Å². The molecule has 0 aliphatic carbocycles. The molecular weight excluding hydrogens is 206 g/mol. The monoisotopic (exact) mass is 223 g/mol. The molecule has 0 fully saturated rings. The van der Waals surface area contributed by atoms with Crippen LogP contribution in [0.25, 0.3) is 0 Å². The molecule has 0 amide bonds. The van der Waals surface area contributed by atoms with Crippen molar-refractivity contribution in [3.05, 3.63) is 22.5 Å². The number of aromatic nitrogens is 1. The van der Waals surface area contributed by atoms with Crippen LogP contribution in [0.5, 0.6) is 0 Å². The first-order valence-electron chi connectivity index (χ1n) is 5.30. The standard InChI is InChI=1S/C12H17NO3/c1-8-10(5-4-6-12(15)16-3)9(2)13-11(8)7-14/h7,13H,4-6H2,1-3H3. The highest BCUT2D eigenvalue weighted by atomic mass is 16.5. The molecule has 0 aliphatic rings. The van der Waals surface area contributed by atoms with Crippen LogP contribution in [0.4, 0.5) is 0 Å². The summed E-state index contributed by atoms with van der Waals surface area (Å²) in [7, 11) is 1.39. The maximum atomic E-state index is 10.9. The Morgan fingerprint density at radius 1 is 1.44 bits per heavy atom. The number of aldehydes is 1. The Balaban J connectivity index is 2.63. The van der Waals surface area contributed by atoms with Crippen molar-refractivity contribution >= 4 is 12.3 Å². The lowest BCUT2D eigenvalue weighted by Gasteiger charge is -2.02. The SMILES string of the molecule is COC(=O)CCCc1c(C)[nH]c(C=O)c1C. The fourth-order valence-corrected chi connectivity index (χ4v) is 1.82. The number of esters is 1. The van der Waals surface area contributed by atoms with Crippen LogP contribution < -0.4 is 0 Å². The van der Waals surface area contributed by atoms with Gasteiger partial charge in [-0.25, -0.2) is 0 Å². The number of aryl methyl sites for hydroxylation is 1. The quantitative estimate of drug-likeness (QED) is 0.613. The normalized spacial score (nSPS) is 10.2. The lowest BCUT2D eigenvalue weighted by molar-refractivity contribution is -0.140. The molecule has 88 valence electrons. The van der Waals surface area contributed by atoms with Gasteiger partial charge < -0.3 is 9.72 Å². The topological polar surface area (TPSA) is 59.2 Å². The van der Waals surface area contributed by atoms with Crippen molar-refractivity contribution in [1.82, 2.24) is 4.98 Å². The molecule has 0 spiro atoms. The third-order valence-electron chi connectivity index (χ3n) is 2.78. The zero-order valence-corrected chi connectivity index (χ0v) is 9.92. The Morgan fingerprint density at radius 2 is 2.12 bits per heavy atom. The minimum atomic E-state index is -0.193. The van der Waals surface area contributed by atoms with Gasteiger partial charge in [-0.15, -0.1) is 0 Å². The van der Waals surface area contributed by atoms with E-state index in [1.807, 2.05) is 13.8 Å². The van der Waals surface area contributed by atoms with Crippen molar-refractivity contribution < 1.29 is 14.3 Å². The van der Waals surface area contributed by atoms with Gasteiger partial charge in [-0.3, -0.25) is 9.59 Å². The Bertz CT molecular complexity index is 393. The van der Waals surface area contributed by atoms with Crippen LogP contribution in [-0.4, -0.2) is 24.3 Å². The maximum absolute atomic E-state index is 10.9. The van der Waals surface area contributed by atoms with E-state index in [2.05, 4.69) is 9.72 Å². The van der Waals surface area contributed by atoms with Gasteiger partial charge in [0.15, 0.2) is 6.29 Å². The lowest BCUT2D eigenvalue weighted by atomic mass is 10.0. The van der Waals surface area contributed by atoms with Gasteiger partial charge in [0, 0.05) is 12.1 Å². The van der Waals surface area contributed by atoms with Crippen LogP contribution in [0.15, 0.2) is 0 Å². The molecule has 0 saturated heterocycles. The summed E-state index contributed by atoms with van der Waals surface area (Å²) in [4.78, 5) is 24.7. The van der Waals surface area contributed by atoms with Gasteiger partial charge in [-0.1, -0.05) is 0 Å². The molecule has 0 saturated carbocycles. The van der Waals surface area contributed by atoms with Crippen molar-refractivity contribution in [1.29, 1.82) is 0 Å². The van der Waals surface area contributed by atoms with Gasteiger partial charge >= 0.3 is 5.97 Å². The van der Waals surface area contributed by atoms with E-state index in [9.17, 15) is 9.59 Å². The molecule has 1 aromatic rings. The van der Waals surface area contributed by atoms with Crippen molar-refractivity contribution in [2.24, 2.45) is 0 Å². The van der Waals surface area contributed by atoms with Gasteiger partial charge in [-0.05, 0) is 37.8 Å². The molecule has 4 nitrogen and oxygen atoms in total. The van der Waals surface area contributed by atoms with E-state index in [4.69, 9.17) is 0 Å². The molecule has 1 rings (SSSR count). The number of aromatic amines is 1. The van der Waals surface area contributed by atoms with Crippen LogP contribution in [-0.2, 0) is 16.0 Å². The number of carbonyl (C=O) groups excluding carboxylic acids is 2. The molecule has 0 aliphatic heterocycles. The highest BCUT2D eigenvalue weighted by molar-refractivity contribution is 5.75. The second-order valence-electron chi connectivity index (χ2n) is 3.81. The summed E-state index contributed by atoms with van der Waals surface area (Å²) in [5, 5.41) is 0. The molecular formula is C12H17NO3. The van der Waals surface area contributed by atoms with Gasteiger partial charge in [0.05, 0.1) is 12.8 Å². The van der Waals surface area contributed by atoms with E-state index in [0.29, 0.717) is 12.1 Å². The predicted octanol–water partition coefficient (Wildman–Crippen LogP) is 1.94. The number of methoxy groups -OCH3 is 1. The second-order valence-corrected chi connectivity index (χ2v) is 3.81. The number of H-pyrrole nitrogens is 1. The Labute approximate surface area is 95.0 Å². The van der Waals surface area contributed by atoms with Crippen molar-refractivity contribution in [2.45, 2.75) is 33.1 Å². The molecule has 1 heterocycles. The van der Waals surface area contributed by atoms with Crippen molar-refractivity contribution in [3.63, 3.8) is 0 Å². The van der Waals surface area contributed by atoms with Crippen LogP contribution in [0.3, 0.4) is 0 Å². The third-order valence-corrected chi connectivity index (χ3v) is 2.78. The summed E-state index contributed by atoms with van der Waals surface area (Å²) in [6.45, 7) is 3.86. The number of nitrogens with one attached hydrogen (secondary N) is 1. The number of carbonyl (C=O) groups is 2. The predicted molar refractivity (Wildman–Crippen MR) is 60.6 cm³/mol. The molecule has 0 unspecified atom stereocenters. The highest BCUT2D eigenvalue weighted by Gasteiger charge is 2.11. The van der Waals surface area contributed by atoms with E-state index < -0.39 is 0 Å². The number of hydrogen-bond donors (Lipinski definition) is 1. The average Bonchev–Trinajstić information content (AvgIpc) is 2.55. The summed E-state index contributed by atoms with van der Waals surface area (Å²) >= 11 is 0. The Morgan fingerprint density at radius 3 is 2.62 bits per heavy atom. The molecule has 0 radical (unpaired) electrons. The summed E-state index contributed by atoms with van der Waals surface area (Å²) < 4.78 is 4.57. The summed E-state index contributed by atoms with van der Waals surface area (Å²) in [5.74, 6) is -0.193. The molecule has 0 aromatic carbocycles. The first-order valence-corrected chi connectivity index (χ1v) is 5.30. The van der Waals surface area contributed by atoms with E-state index in [0.717, 1.165) is 35.9 Å². The number of hydrogen-bond acceptors (Lipinski definition) is 3. The maximum Gasteiger partial charge on any atom is 0.305 e. The molecule has 0 bridgehead atoms. The van der Waals surface area contributed by atoms with E-state index in [1.54, 1.807) is 0 Å². The number of rotatable bonds is 5. The zero-order valence-electron chi connectivity index (χ0n) is 9.92. The largest absolute Gasteiger partial charge is 0.469 e. The molecule has 16 heavy (non-hydrogen) atoms. The Kier molecular flexibility index (Phi) is 4.28. The zero-order chi connectivity index (χ0) is 12.1. The summed E-state index contributed by atoms with van der Waals surface area (Å²) in [6, 6.07) is 0. The second kappa shape index (κ2) is 5.49. The fourth-order valence-electron chi connectivity index (χ4n) is 1.82. The molecule has 1 N–H and O–H groups in total. The highest BCUT2D eigenvalue weighted by Crippen LogP contribution is 2.18. The van der Waals surface area contributed by atoms with Crippen LogP contribution in [0, 0.1) is 13.8 Å². The Hall–Kier alpha value is -1.58. The minimum absolute atomic E-state index is 0.193. The van der Waals surface area contributed by atoms with Gasteiger partial charge in [0.25, 0.3) is 0 Å². The molecule has 0 atom stereocenters.